The summed E-state index contributed by atoms with van der Waals surface area (Å²) in [6, 6.07) is 10.3. The minimum absolute atomic E-state index is 0.00634. The summed E-state index contributed by atoms with van der Waals surface area (Å²) < 4.78 is 65.4. The van der Waals surface area contributed by atoms with E-state index in [0.717, 1.165) is 29.5 Å². The van der Waals surface area contributed by atoms with Crippen LogP contribution in [0.3, 0.4) is 0 Å². The molecule has 0 aliphatic carbocycles. The number of carbonyl (C=O) groups excluding carboxylic acids is 1. The topological polar surface area (TPSA) is 74.4 Å². The van der Waals surface area contributed by atoms with Gasteiger partial charge in [0.1, 0.15) is 15.5 Å². The normalized spacial score (nSPS) is 13.0. The smallest absolute Gasteiger partial charge is 0.417 e. The number of pyridine rings is 1. The molecule has 2 N–H and O–H groups in total. The number of hydrogen-bond acceptors (Lipinski definition) is 6. The fraction of sp³-hybridized carbons (Fsp3) is 0.0909. The van der Waals surface area contributed by atoms with Gasteiger partial charge in [-0.3, -0.25) is 4.79 Å². The summed E-state index contributed by atoms with van der Waals surface area (Å²) >= 11 is 0.771. The van der Waals surface area contributed by atoms with E-state index in [1.807, 2.05) is 0 Å². The quantitative estimate of drug-likeness (QED) is 0.315. The van der Waals surface area contributed by atoms with E-state index in [-0.39, 0.29) is 38.8 Å². The first-order valence-electron chi connectivity index (χ1n) is 9.23. The van der Waals surface area contributed by atoms with Crippen LogP contribution in [0.1, 0.15) is 20.8 Å². The lowest BCUT2D eigenvalue weighted by atomic mass is 10.0. The monoisotopic (exact) mass is 460 g/mol. The zero-order valence-electron chi connectivity index (χ0n) is 16.0. The molecule has 10 heteroatoms. The van der Waals surface area contributed by atoms with Crippen molar-refractivity contribution in [3.63, 3.8) is 0 Å². The molecule has 5 nitrogen and oxygen atoms in total. The predicted octanol–water partition coefficient (Wildman–Crippen LogP) is 5.66. The summed E-state index contributed by atoms with van der Waals surface area (Å²) in [5.41, 5.74) is 5.22. The Hall–Kier alpha value is -3.66. The van der Waals surface area contributed by atoms with Gasteiger partial charge in [-0.25, -0.2) is 9.37 Å². The molecule has 0 spiro atoms. The summed E-state index contributed by atoms with van der Waals surface area (Å²) in [6.45, 7) is 0.0169. The molecule has 2 aromatic heterocycles. The van der Waals surface area contributed by atoms with Crippen LogP contribution >= 0.6 is 11.3 Å². The van der Waals surface area contributed by atoms with Crippen LogP contribution in [0.4, 0.5) is 23.2 Å². The predicted molar refractivity (Wildman–Crippen MR) is 110 cm³/mol. The average molecular weight is 460 g/mol. The van der Waals surface area contributed by atoms with Crippen LogP contribution in [0.15, 0.2) is 48.5 Å². The minimum atomic E-state index is -4.75. The highest BCUT2D eigenvalue weighted by Gasteiger charge is 2.36. The summed E-state index contributed by atoms with van der Waals surface area (Å²) in [5.74, 6) is -0.248. The molecule has 2 aromatic carbocycles. The van der Waals surface area contributed by atoms with Crippen molar-refractivity contribution in [1.29, 1.82) is 0 Å². The Labute approximate surface area is 182 Å². The van der Waals surface area contributed by atoms with E-state index in [2.05, 4.69) is 4.98 Å². The molecule has 5 rings (SSSR count). The number of nitrogens with zero attached hydrogens (tertiary/aromatic N) is 1. The molecule has 32 heavy (non-hydrogen) atoms. The third-order valence-electron chi connectivity index (χ3n) is 4.99. The van der Waals surface area contributed by atoms with Crippen LogP contribution in [0.5, 0.6) is 11.5 Å². The SMILES string of the molecule is Nc1c(C(=O)c2ccc3c(c2)OCO3)sc2nc(-c3ccc(F)cc3)cc(C(F)(F)F)c12. The number of aromatic nitrogens is 1. The zero-order valence-corrected chi connectivity index (χ0v) is 16.8. The molecular weight excluding hydrogens is 448 g/mol. The van der Waals surface area contributed by atoms with Gasteiger partial charge in [-0.2, -0.15) is 13.2 Å². The van der Waals surface area contributed by atoms with Gasteiger partial charge in [-0.05, 0) is 48.5 Å². The van der Waals surface area contributed by atoms with Crippen molar-refractivity contribution in [3.05, 3.63) is 70.4 Å². The number of halogens is 4. The van der Waals surface area contributed by atoms with Gasteiger partial charge < -0.3 is 15.2 Å². The Morgan fingerprint density at radius 3 is 2.47 bits per heavy atom. The van der Waals surface area contributed by atoms with Crippen LogP contribution in [0.25, 0.3) is 21.5 Å². The highest BCUT2D eigenvalue weighted by molar-refractivity contribution is 7.21. The van der Waals surface area contributed by atoms with Crippen molar-refractivity contribution >= 4 is 33.0 Å². The standard InChI is InChI=1S/C22H12F4N2O3S/c23-12-4-1-10(2-5-12)14-8-13(22(24,25)26)17-18(27)20(32-21(17)28-14)19(29)11-3-6-15-16(7-11)31-9-30-15/h1-8H,9,27H2. The lowest BCUT2D eigenvalue weighted by molar-refractivity contribution is -0.136. The van der Waals surface area contributed by atoms with Gasteiger partial charge >= 0.3 is 6.18 Å². The third kappa shape index (κ3) is 3.32. The fourth-order valence-corrected chi connectivity index (χ4v) is 4.53. The first kappa shape index (κ1) is 20.3. The summed E-state index contributed by atoms with van der Waals surface area (Å²) in [6.07, 6.45) is -4.75. The number of ketones is 1. The zero-order chi connectivity index (χ0) is 22.6. The second kappa shape index (κ2) is 7.20. The number of fused-ring (bicyclic) bond motifs is 2. The highest BCUT2D eigenvalue weighted by atomic mass is 32.1. The molecule has 3 heterocycles. The summed E-state index contributed by atoms with van der Waals surface area (Å²) in [4.78, 5) is 17.3. The number of alkyl halides is 3. The van der Waals surface area contributed by atoms with E-state index < -0.39 is 23.3 Å². The lowest BCUT2D eigenvalue weighted by Crippen LogP contribution is -2.08. The first-order chi connectivity index (χ1) is 15.2. The summed E-state index contributed by atoms with van der Waals surface area (Å²) in [5, 5.41) is -0.336. The maximum Gasteiger partial charge on any atom is 0.417 e. The number of rotatable bonds is 3. The van der Waals surface area contributed by atoms with E-state index in [1.54, 1.807) is 6.07 Å². The van der Waals surface area contributed by atoms with E-state index >= 15 is 0 Å². The maximum atomic E-state index is 13.9. The van der Waals surface area contributed by atoms with Crippen LogP contribution in [-0.2, 0) is 6.18 Å². The number of nitrogens with two attached hydrogens (primary N) is 1. The number of anilines is 1. The van der Waals surface area contributed by atoms with Gasteiger partial charge in [-0.1, -0.05) is 0 Å². The van der Waals surface area contributed by atoms with Crippen molar-refractivity contribution in [2.24, 2.45) is 0 Å². The van der Waals surface area contributed by atoms with Gasteiger partial charge in [0, 0.05) is 16.5 Å². The number of carbonyl (C=O) groups is 1. The first-order valence-corrected chi connectivity index (χ1v) is 10.0. The molecule has 0 fully saturated rings. The molecule has 0 bridgehead atoms. The Balaban J connectivity index is 1.68. The Morgan fingerprint density at radius 2 is 1.75 bits per heavy atom. The molecule has 0 atom stereocenters. The number of benzene rings is 2. The van der Waals surface area contributed by atoms with Gasteiger partial charge in [0.05, 0.1) is 16.9 Å². The number of ether oxygens (including phenoxy) is 2. The Morgan fingerprint density at radius 1 is 1.03 bits per heavy atom. The van der Waals surface area contributed by atoms with E-state index in [0.29, 0.717) is 17.1 Å². The molecule has 0 saturated heterocycles. The molecule has 1 aliphatic heterocycles. The molecule has 162 valence electrons. The van der Waals surface area contributed by atoms with Gasteiger partial charge in [0.25, 0.3) is 0 Å². The van der Waals surface area contributed by atoms with Crippen LogP contribution in [-0.4, -0.2) is 17.6 Å². The van der Waals surface area contributed by atoms with E-state index in [4.69, 9.17) is 15.2 Å². The molecule has 4 aromatic rings. The Bertz CT molecular complexity index is 1380. The Kier molecular flexibility index (Phi) is 4.55. The van der Waals surface area contributed by atoms with E-state index in [1.165, 1.54) is 24.3 Å². The molecule has 0 saturated carbocycles. The van der Waals surface area contributed by atoms with Crippen LogP contribution < -0.4 is 15.2 Å². The molecule has 1 aliphatic rings. The minimum Gasteiger partial charge on any atom is -0.454 e. The molecular formula is C22H12F4N2O3S. The molecule has 0 unspecified atom stereocenters. The number of hydrogen-bond donors (Lipinski definition) is 1. The van der Waals surface area contributed by atoms with Crippen molar-refractivity contribution in [2.45, 2.75) is 6.18 Å². The lowest BCUT2D eigenvalue weighted by Gasteiger charge is -2.11. The van der Waals surface area contributed by atoms with Crippen molar-refractivity contribution in [3.8, 4) is 22.8 Å². The number of thiophene rings is 1. The van der Waals surface area contributed by atoms with Crippen LogP contribution in [0.2, 0.25) is 0 Å². The van der Waals surface area contributed by atoms with Gasteiger partial charge in [0.15, 0.2) is 11.5 Å². The van der Waals surface area contributed by atoms with Gasteiger partial charge in [0.2, 0.25) is 12.6 Å². The second-order valence-corrected chi connectivity index (χ2v) is 7.98. The number of nitrogen functional groups attached to an aromatic ring is 1. The van der Waals surface area contributed by atoms with Gasteiger partial charge in [-0.15, -0.1) is 11.3 Å². The largest absolute Gasteiger partial charge is 0.454 e. The fourth-order valence-electron chi connectivity index (χ4n) is 3.45. The van der Waals surface area contributed by atoms with Crippen molar-refractivity contribution in [2.75, 3.05) is 12.5 Å². The molecule has 0 radical (unpaired) electrons. The third-order valence-corrected chi connectivity index (χ3v) is 6.08. The highest BCUT2D eigenvalue weighted by Crippen LogP contribution is 2.44. The molecule has 0 amide bonds. The van der Waals surface area contributed by atoms with E-state index in [9.17, 15) is 22.4 Å². The van der Waals surface area contributed by atoms with Crippen molar-refractivity contribution < 1.29 is 31.8 Å². The van der Waals surface area contributed by atoms with Crippen LogP contribution in [0, 0.1) is 5.82 Å². The summed E-state index contributed by atoms with van der Waals surface area (Å²) in [7, 11) is 0. The maximum absolute atomic E-state index is 13.9. The average Bonchev–Trinajstić information content (AvgIpc) is 3.36. The van der Waals surface area contributed by atoms with Crippen molar-refractivity contribution in [1.82, 2.24) is 4.98 Å². The second-order valence-electron chi connectivity index (χ2n) is 6.98.